The fraction of sp³-hybridized carbons (Fsp3) is 0.308. The fourth-order valence-corrected chi connectivity index (χ4v) is 2.04. The van der Waals surface area contributed by atoms with Crippen LogP contribution in [0.15, 0.2) is 24.3 Å². The van der Waals surface area contributed by atoms with Crippen molar-refractivity contribution in [2.75, 3.05) is 0 Å². The molecule has 0 amide bonds. The summed E-state index contributed by atoms with van der Waals surface area (Å²) >= 11 is 6.25. The van der Waals surface area contributed by atoms with Crippen LogP contribution in [0.2, 0.25) is 5.15 Å². The van der Waals surface area contributed by atoms with Gasteiger partial charge >= 0.3 is 0 Å². The van der Waals surface area contributed by atoms with Crippen LogP contribution in [-0.2, 0) is 20.0 Å². The number of nitrogens with zero attached hydrogens (tertiary/aromatic N) is 2. The summed E-state index contributed by atoms with van der Waals surface area (Å²) in [6.07, 6.45) is 1.03. The topological polar surface area (TPSA) is 43.8 Å². The lowest BCUT2D eigenvalue weighted by Crippen LogP contribution is -2.04. The molecule has 0 bridgehead atoms. The molecule has 1 heterocycles. The minimum absolute atomic E-state index is 0.392. The first kappa shape index (κ1) is 12.1. The smallest absolute Gasteiger partial charge is 0.136 e. The normalized spacial score (nSPS) is 10.8. The molecule has 0 unspecified atom stereocenters. The third-order valence-corrected chi connectivity index (χ3v) is 3.37. The number of aromatic nitrogens is 2. The second-order valence-corrected chi connectivity index (χ2v) is 4.34. The third kappa shape index (κ3) is 2.21. The van der Waals surface area contributed by atoms with Gasteiger partial charge in [0, 0.05) is 12.6 Å². The molecule has 0 radical (unpaired) electrons. The van der Waals surface area contributed by atoms with Gasteiger partial charge in [-0.05, 0) is 12.0 Å². The Hall–Kier alpha value is -1.32. The van der Waals surface area contributed by atoms with Crippen LogP contribution in [0.25, 0.3) is 11.3 Å². The van der Waals surface area contributed by atoms with Gasteiger partial charge in [-0.3, -0.25) is 0 Å². The molecule has 4 heteroatoms. The summed E-state index contributed by atoms with van der Waals surface area (Å²) in [5, 5.41) is 0.634. The van der Waals surface area contributed by atoms with Crippen LogP contribution in [0.5, 0.6) is 0 Å². The molecular weight excluding hydrogens is 234 g/mol. The lowest BCUT2D eigenvalue weighted by molar-refractivity contribution is 0.794. The number of aryl methyl sites for hydroxylation is 1. The van der Waals surface area contributed by atoms with Crippen LogP contribution in [0.1, 0.15) is 18.3 Å². The van der Waals surface area contributed by atoms with Crippen molar-refractivity contribution in [2.45, 2.75) is 19.9 Å². The van der Waals surface area contributed by atoms with Gasteiger partial charge in [-0.1, -0.05) is 42.8 Å². The Bertz CT molecular complexity index is 514. The fourth-order valence-electron chi connectivity index (χ4n) is 1.79. The van der Waals surface area contributed by atoms with Crippen LogP contribution < -0.4 is 5.73 Å². The quantitative estimate of drug-likeness (QED) is 0.909. The molecule has 0 atom stereocenters. The highest BCUT2D eigenvalue weighted by Gasteiger charge is 2.13. The van der Waals surface area contributed by atoms with Gasteiger partial charge < -0.3 is 10.3 Å². The molecule has 3 nitrogen and oxygen atoms in total. The lowest BCUT2D eigenvalue weighted by Gasteiger charge is -2.00. The van der Waals surface area contributed by atoms with Crippen molar-refractivity contribution in [3.63, 3.8) is 0 Å². The molecule has 0 saturated heterocycles. The first-order chi connectivity index (χ1) is 8.17. The van der Waals surface area contributed by atoms with E-state index in [2.05, 4.69) is 24.0 Å². The van der Waals surface area contributed by atoms with Crippen molar-refractivity contribution < 1.29 is 0 Å². The molecule has 0 fully saturated rings. The number of hydrogen-bond acceptors (Lipinski definition) is 2. The molecule has 1 aromatic heterocycles. The summed E-state index contributed by atoms with van der Waals surface area (Å²) in [6, 6.07) is 8.30. The predicted octanol–water partition coefficient (Wildman–Crippen LogP) is 2.76. The second kappa shape index (κ2) is 4.90. The van der Waals surface area contributed by atoms with Gasteiger partial charge in [0.1, 0.15) is 16.7 Å². The van der Waals surface area contributed by atoms with Gasteiger partial charge in [0.25, 0.3) is 0 Å². The molecular formula is C13H16ClN3. The number of hydrogen-bond donors (Lipinski definition) is 1. The Morgan fingerprint density at radius 3 is 2.41 bits per heavy atom. The van der Waals surface area contributed by atoms with E-state index >= 15 is 0 Å². The number of rotatable bonds is 3. The van der Waals surface area contributed by atoms with Gasteiger partial charge in [-0.15, -0.1) is 0 Å². The highest BCUT2D eigenvalue weighted by Crippen LogP contribution is 2.27. The highest BCUT2D eigenvalue weighted by molar-refractivity contribution is 6.32. The molecule has 17 heavy (non-hydrogen) atoms. The van der Waals surface area contributed by atoms with Crippen LogP contribution in [0.4, 0.5) is 0 Å². The van der Waals surface area contributed by atoms with E-state index in [1.54, 1.807) is 0 Å². The average Bonchev–Trinajstić information content (AvgIpc) is 2.66. The maximum Gasteiger partial charge on any atom is 0.136 e. The molecule has 2 rings (SSSR count). The molecule has 0 saturated carbocycles. The van der Waals surface area contributed by atoms with Gasteiger partial charge in [-0.2, -0.15) is 0 Å². The van der Waals surface area contributed by atoms with E-state index in [-0.39, 0.29) is 0 Å². The molecule has 1 aromatic carbocycles. The monoisotopic (exact) mass is 249 g/mol. The molecule has 2 aromatic rings. The first-order valence-electron chi connectivity index (χ1n) is 5.67. The summed E-state index contributed by atoms with van der Waals surface area (Å²) in [6.45, 7) is 2.53. The summed E-state index contributed by atoms with van der Waals surface area (Å²) < 4.78 is 1.82. The summed E-state index contributed by atoms with van der Waals surface area (Å²) in [4.78, 5) is 4.46. The largest absolute Gasteiger partial charge is 0.324 e. The van der Waals surface area contributed by atoms with Gasteiger partial charge in [0.05, 0.1) is 6.54 Å². The van der Waals surface area contributed by atoms with Crippen molar-refractivity contribution in [1.29, 1.82) is 0 Å². The summed E-state index contributed by atoms with van der Waals surface area (Å²) in [7, 11) is 1.88. The third-order valence-electron chi connectivity index (χ3n) is 2.94. The van der Waals surface area contributed by atoms with E-state index in [1.165, 1.54) is 5.56 Å². The number of imidazole rings is 1. The first-order valence-corrected chi connectivity index (χ1v) is 6.05. The van der Waals surface area contributed by atoms with Crippen molar-refractivity contribution in [1.82, 2.24) is 9.55 Å². The zero-order chi connectivity index (χ0) is 12.4. The molecule has 90 valence electrons. The van der Waals surface area contributed by atoms with E-state index in [0.29, 0.717) is 11.7 Å². The Kier molecular flexibility index (Phi) is 3.50. The SMILES string of the molecule is CCc1ccc(-c2nc(CN)n(C)c2Cl)cc1. The molecule has 0 aliphatic heterocycles. The van der Waals surface area contributed by atoms with Crippen molar-refractivity contribution in [3.8, 4) is 11.3 Å². The molecule has 0 aliphatic rings. The van der Waals surface area contributed by atoms with E-state index in [0.717, 1.165) is 23.5 Å². The van der Waals surface area contributed by atoms with Crippen molar-refractivity contribution in [3.05, 3.63) is 40.8 Å². The molecule has 2 N–H and O–H groups in total. The van der Waals surface area contributed by atoms with Crippen LogP contribution in [0, 0.1) is 0 Å². The second-order valence-electron chi connectivity index (χ2n) is 3.98. The lowest BCUT2D eigenvalue weighted by atomic mass is 10.1. The minimum Gasteiger partial charge on any atom is -0.324 e. The van der Waals surface area contributed by atoms with Gasteiger partial charge in [0.2, 0.25) is 0 Å². The minimum atomic E-state index is 0.392. The van der Waals surface area contributed by atoms with Gasteiger partial charge in [-0.25, -0.2) is 4.98 Å². The summed E-state index contributed by atoms with van der Waals surface area (Å²) in [5.41, 5.74) is 8.75. The van der Waals surface area contributed by atoms with Gasteiger partial charge in [0.15, 0.2) is 0 Å². The Balaban J connectivity index is 2.45. The molecule has 0 aliphatic carbocycles. The van der Waals surface area contributed by atoms with E-state index in [4.69, 9.17) is 17.3 Å². The van der Waals surface area contributed by atoms with Crippen LogP contribution >= 0.6 is 11.6 Å². The number of nitrogens with two attached hydrogens (primary N) is 1. The van der Waals surface area contributed by atoms with E-state index < -0.39 is 0 Å². The number of benzene rings is 1. The van der Waals surface area contributed by atoms with Crippen LogP contribution in [-0.4, -0.2) is 9.55 Å². The highest BCUT2D eigenvalue weighted by atomic mass is 35.5. The number of halogens is 1. The van der Waals surface area contributed by atoms with E-state index in [9.17, 15) is 0 Å². The average molecular weight is 250 g/mol. The molecule has 0 spiro atoms. The van der Waals surface area contributed by atoms with Crippen molar-refractivity contribution >= 4 is 11.6 Å². The zero-order valence-corrected chi connectivity index (χ0v) is 10.8. The maximum atomic E-state index is 6.25. The van der Waals surface area contributed by atoms with Crippen LogP contribution in [0.3, 0.4) is 0 Å². The summed E-state index contributed by atoms with van der Waals surface area (Å²) in [5.74, 6) is 0.796. The zero-order valence-electron chi connectivity index (χ0n) is 10.1. The van der Waals surface area contributed by atoms with Crippen molar-refractivity contribution in [2.24, 2.45) is 12.8 Å². The maximum absolute atomic E-state index is 6.25. The standard InChI is InChI=1S/C13H16ClN3/c1-3-9-4-6-10(7-5-9)12-13(14)17(2)11(8-15)16-12/h4-7H,3,8,15H2,1-2H3. The Labute approximate surface area is 106 Å². The predicted molar refractivity (Wildman–Crippen MR) is 70.9 cm³/mol. The Morgan fingerprint density at radius 1 is 1.29 bits per heavy atom. The Morgan fingerprint density at radius 2 is 1.94 bits per heavy atom. The van der Waals surface area contributed by atoms with E-state index in [1.807, 2.05) is 23.7 Å².